The zero-order chi connectivity index (χ0) is 12.5. The molecule has 1 N–H and O–H groups in total. The molecular formula is C14H18O3. The highest BCUT2D eigenvalue weighted by Gasteiger charge is 2.00. The van der Waals surface area contributed by atoms with Crippen LogP contribution < -0.4 is 0 Å². The Morgan fingerprint density at radius 2 is 2.06 bits per heavy atom. The van der Waals surface area contributed by atoms with Crippen molar-refractivity contribution in [1.29, 1.82) is 0 Å². The molecule has 0 fully saturated rings. The van der Waals surface area contributed by atoms with E-state index in [1.807, 2.05) is 30.3 Å². The molecule has 0 heterocycles. The van der Waals surface area contributed by atoms with Gasteiger partial charge in [0.05, 0.1) is 19.0 Å². The summed E-state index contributed by atoms with van der Waals surface area (Å²) >= 11 is 0. The van der Waals surface area contributed by atoms with Gasteiger partial charge in [0.2, 0.25) is 0 Å². The van der Waals surface area contributed by atoms with Crippen LogP contribution in [-0.2, 0) is 16.1 Å². The summed E-state index contributed by atoms with van der Waals surface area (Å²) in [5.74, 6) is 0.0236. The molecule has 92 valence electrons. The number of carbonyl (C=O) groups excluding carboxylic acids is 1. The Morgan fingerprint density at radius 1 is 1.35 bits per heavy atom. The van der Waals surface area contributed by atoms with E-state index in [1.165, 1.54) is 6.08 Å². The highest BCUT2D eigenvalue weighted by molar-refractivity contribution is 5.90. The van der Waals surface area contributed by atoms with Gasteiger partial charge in [0.1, 0.15) is 0 Å². The third-order valence-electron chi connectivity index (χ3n) is 2.29. The minimum absolute atomic E-state index is 0.0996. The molecule has 1 rings (SSSR count). The van der Waals surface area contributed by atoms with Crippen LogP contribution in [0.4, 0.5) is 0 Å². The van der Waals surface area contributed by atoms with Crippen molar-refractivity contribution in [3.63, 3.8) is 0 Å². The van der Waals surface area contributed by atoms with Crippen LogP contribution in [0.1, 0.15) is 25.3 Å². The molecule has 0 saturated carbocycles. The van der Waals surface area contributed by atoms with Gasteiger partial charge in [-0.1, -0.05) is 37.3 Å². The lowest BCUT2D eigenvalue weighted by Crippen LogP contribution is -2.02. The SMILES string of the molecule is CC/C(O)=C/C(=O)CCOCc1ccccc1. The van der Waals surface area contributed by atoms with Gasteiger partial charge in [-0.25, -0.2) is 0 Å². The first kappa shape index (κ1) is 13.5. The number of allylic oxidation sites excluding steroid dienone is 2. The molecule has 0 saturated heterocycles. The van der Waals surface area contributed by atoms with Crippen molar-refractivity contribution in [3.05, 3.63) is 47.7 Å². The van der Waals surface area contributed by atoms with E-state index in [0.29, 0.717) is 26.1 Å². The fourth-order valence-electron chi connectivity index (χ4n) is 1.30. The average Bonchev–Trinajstić information content (AvgIpc) is 2.36. The van der Waals surface area contributed by atoms with Gasteiger partial charge in [-0.3, -0.25) is 4.79 Å². The van der Waals surface area contributed by atoms with Crippen molar-refractivity contribution in [2.45, 2.75) is 26.4 Å². The minimum Gasteiger partial charge on any atom is -0.512 e. The summed E-state index contributed by atoms with van der Waals surface area (Å²) in [4.78, 5) is 11.3. The van der Waals surface area contributed by atoms with E-state index in [0.717, 1.165) is 5.56 Å². The smallest absolute Gasteiger partial charge is 0.161 e. The molecule has 3 nitrogen and oxygen atoms in total. The van der Waals surface area contributed by atoms with Gasteiger partial charge >= 0.3 is 0 Å². The average molecular weight is 234 g/mol. The molecule has 0 spiro atoms. The predicted molar refractivity (Wildman–Crippen MR) is 66.7 cm³/mol. The van der Waals surface area contributed by atoms with Crippen molar-refractivity contribution in [2.75, 3.05) is 6.61 Å². The number of rotatable bonds is 7. The van der Waals surface area contributed by atoms with Gasteiger partial charge in [0.25, 0.3) is 0 Å². The largest absolute Gasteiger partial charge is 0.512 e. The molecule has 1 aromatic rings. The number of hydrogen-bond acceptors (Lipinski definition) is 3. The van der Waals surface area contributed by atoms with Crippen LogP contribution in [-0.4, -0.2) is 17.5 Å². The molecule has 1 aromatic carbocycles. The Labute approximate surface area is 102 Å². The molecule has 0 unspecified atom stereocenters. The van der Waals surface area contributed by atoms with Crippen molar-refractivity contribution < 1.29 is 14.6 Å². The summed E-state index contributed by atoms with van der Waals surface area (Å²) < 4.78 is 5.37. The predicted octanol–water partition coefficient (Wildman–Crippen LogP) is 3.01. The molecule has 0 aliphatic rings. The zero-order valence-electron chi connectivity index (χ0n) is 10.1. The second kappa shape index (κ2) is 7.63. The third kappa shape index (κ3) is 5.88. The lowest BCUT2D eigenvalue weighted by molar-refractivity contribution is -0.115. The quantitative estimate of drug-likeness (QED) is 0.448. The fourth-order valence-corrected chi connectivity index (χ4v) is 1.30. The number of aliphatic hydroxyl groups excluding tert-OH is 1. The van der Waals surface area contributed by atoms with Gasteiger partial charge in [0, 0.05) is 18.9 Å². The summed E-state index contributed by atoms with van der Waals surface area (Å²) in [6.07, 6.45) is 2.05. The van der Waals surface area contributed by atoms with E-state index in [4.69, 9.17) is 9.84 Å². The molecule has 0 amide bonds. The normalized spacial score (nSPS) is 11.5. The van der Waals surface area contributed by atoms with Crippen molar-refractivity contribution in [2.24, 2.45) is 0 Å². The van der Waals surface area contributed by atoms with Crippen LogP contribution in [0.2, 0.25) is 0 Å². The molecule has 0 aliphatic heterocycles. The number of ether oxygens (including phenoxy) is 1. The van der Waals surface area contributed by atoms with Crippen LogP contribution in [0.3, 0.4) is 0 Å². The first-order chi connectivity index (χ1) is 8.22. The van der Waals surface area contributed by atoms with Gasteiger partial charge in [-0.05, 0) is 5.56 Å². The Balaban J connectivity index is 2.19. The van der Waals surface area contributed by atoms with E-state index in [9.17, 15) is 4.79 Å². The molecular weight excluding hydrogens is 216 g/mol. The van der Waals surface area contributed by atoms with Crippen LogP contribution in [0.5, 0.6) is 0 Å². The first-order valence-electron chi connectivity index (χ1n) is 5.76. The number of aliphatic hydroxyl groups is 1. The molecule has 0 atom stereocenters. The Hall–Kier alpha value is -1.61. The number of hydrogen-bond donors (Lipinski definition) is 1. The second-order valence-electron chi connectivity index (χ2n) is 3.74. The van der Waals surface area contributed by atoms with E-state index >= 15 is 0 Å². The summed E-state index contributed by atoms with van der Waals surface area (Å²) in [7, 11) is 0. The van der Waals surface area contributed by atoms with Gasteiger partial charge < -0.3 is 9.84 Å². The topological polar surface area (TPSA) is 46.5 Å². The lowest BCUT2D eigenvalue weighted by atomic mass is 10.2. The Morgan fingerprint density at radius 3 is 2.71 bits per heavy atom. The lowest BCUT2D eigenvalue weighted by Gasteiger charge is -2.02. The molecule has 0 radical (unpaired) electrons. The van der Waals surface area contributed by atoms with Gasteiger partial charge in [-0.2, -0.15) is 0 Å². The third-order valence-corrected chi connectivity index (χ3v) is 2.29. The van der Waals surface area contributed by atoms with Gasteiger partial charge in [-0.15, -0.1) is 0 Å². The summed E-state index contributed by atoms with van der Waals surface area (Å²) in [6, 6.07) is 9.80. The maximum Gasteiger partial charge on any atom is 0.161 e. The number of carbonyl (C=O) groups is 1. The molecule has 0 bridgehead atoms. The van der Waals surface area contributed by atoms with Crippen molar-refractivity contribution in [1.82, 2.24) is 0 Å². The summed E-state index contributed by atoms with van der Waals surface area (Å²) in [5.41, 5.74) is 1.09. The zero-order valence-corrected chi connectivity index (χ0v) is 10.1. The van der Waals surface area contributed by atoms with Crippen LogP contribution in [0.25, 0.3) is 0 Å². The summed E-state index contributed by atoms with van der Waals surface area (Å²) in [5, 5.41) is 9.16. The van der Waals surface area contributed by atoms with E-state index in [1.54, 1.807) is 6.92 Å². The fraction of sp³-hybridized carbons (Fsp3) is 0.357. The number of ketones is 1. The van der Waals surface area contributed by atoms with Crippen molar-refractivity contribution >= 4 is 5.78 Å². The summed E-state index contributed by atoms with van der Waals surface area (Å²) in [6.45, 7) is 2.68. The highest BCUT2D eigenvalue weighted by Crippen LogP contribution is 2.02. The molecule has 0 aliphatic carbocycles. The van der Waals surface area contributed by atoms with Crippen LogP contribution in [0, 0.1) is 0 Å². The Kier molecular flexibility index (Phi) is 6.04. The molecule has 17 heavy (non-hydrogen) atoms. The minimum atomic E-state index is -0.0996. The first-order valence-corrected chi connectivity index (χ1v) is 5.76. The van der Waals surface area contributed by atoms with Crippen molar-refractivity contribution in [3.8, 4) is 0 Å². The Bertz CT molecular complexity index is 368. The van der Waals surface area contributed by atoms with Gasteiger partial charge in [0.15, 0.2) is 5.78 Å². The maximum absolute atomic E-state index is 11.3. The van der Waals surface area contributed by atoms with E-state index in [2.05, 4.69) is 0 Å². The monoisotopic (exact) mass is 234 g/mol. The molecule has 0 aromatic heterocycles. The maximum atomic E-state index is 11.3. The van der Waals surface area contributed by atoms with E-state index < -0.39 is 0 Å². The van der Waals surface area contributed by atoms with Crippen LogP contribution >= 0.6 is 0 Å². The standard InChI is InChI=1S/C14H18O3/c1-2-13(15)10-14(16)8-9-17-11-12-6-4-3-5-7-12/h3-7,10,15H,2,8-9,11H2,1H3/b13-10-. The van der Waals surface area contributed by atoms with E-state index in [-0.39, 0.29) is 11.5 Å². The number of benzene rings is 1. The van der Waals surface area contributed by atoms with Crippen LogP contribution in [0.15, 0.2) is 42.2 Å². The molecule has 3 heteroatoms. The second-order valence-corrected chi connectivity index (χ2v) is 3.74. The highest BCUT2D eigenvalue weighted by atomic mass is 16.5.